The summed E-state index contributed by atoms with van der Waals surface area (Å²) in [6.07, 6.45) is 1.15. The number of carbonyl (C=O) groups excluding carboxylic acids is 1. The highest BCUT2D eigenvalue weighted by Gasteiger charge is 2.36. The number of fused-ring (bicyclic) bond motifs is 1. The van der Waals surface area contributed by atoms with Crippen molar-refractivity contribution in [3.63, 3.8) is 0 Å². The molecule has 31 heavy (non-hydrogen) atoms. The topological polar surface area (TPSA) is 96.7 Å². The van der Waals surface area contributed by atoms with Crippen LogP contribution in [-0.4, -0.2) is 70.3 Å². The van der Waals surface area contributed by atoms with Crippen molar-refractivity contribution in [2.45, 2.75) is 44.2 Å². The fraction of sp³-hybridized carbons (Fsp3) is 0.571. The molecule has 0 spiro atoms. The second-order valence-corrected chi connectivity index (χ2v) is 8.11. The molecule has 168 valence electrons. The Hall–Kier alpha value is -2.59. The normalized spacial score (nSPS) is 20.1. The molecule has 2 aromatic heterocycles. The van der Waals surface area contributed by atoms with Gasteiger partial charge in [0.05, 0.1) is 18.6 Å². The van der Waals surface area contributed by atoms with Crippen molar-refractivity contribution in [1.82, 2.24) is 19.8 Å². The van der Waals surface area contributed by atoms with Crippen LogP contribution in [0.15, 0.2) is 23.1 Å². The van der Waals surface area contributed by atoms with Crippen LogP contribution in [-0.2, 0) is 11.3 Å². The van der Waals surface area contributed by atoms with E-state index < -0.39 is 29.2 Å². The largest absolute Gasteiger partial charge is 0.506 e. The molecule has 4 rings (SSSR count). The van der Waals surface area contributed by atoms with Crippen LogP contribution in [0.1, 0.15) is 36.0 Å². The molecule has 0 bridgehead atoms. The van der Waals surface area contributed by atoms with Gasteiger partial charge >= 0.3 is 0 Å². The van der Waals surface area contributed by atoms with Crippen LogP contribution in [0.5, 0.6) is 5.75 Å². The average Bonchev–Trinajstić information content (AvgIpc) is 2.76. The van der Waals surface area contributed by atoms with E-state index in [-0.39, 0.29) is 31.2 Å². The van der Waals surface area contributed by atoms with Crippen molar-refractivity contribution in [2.24, 2.45) is 0 Å². The van der Waals surface area contributed by atoms with Crippen molar-refractivity contribution >= 4 is 16.9 Å². The molecule has 10 heteroatoms. The monoisotopic (exact) mass is 436 g/mol. The SMILES string of the molecule is O=C(NC1CCC(F)(F)CC1)c1c(O)c2cccnc2n(CCN2CCOCC2)c1=O. The number of pyridine rings is 2. The third kappa shape index (κ3) is 4.69. The molecule has 2 aliphatic rings. The zero-order chi connectivity index (χ0) is 22.0. The molecule has 1 saturated heterocycles. The summed E-state index contributed by atoms with van der Waals surface area (Å²) in [7, 11) is 0. The van der Waals surface area contributed by atoms with Gasteiger partial charge in [0, 0.05) is 51.3 Å². The van der Waals surface area contributed by atoms with Crippen molar-refractivity contribution in [2.75, 3.05) is 32.8 Å². The highest BCUT2D eigenvalue weighted by atomic mass is 19.3. The summed E-state index contributed by atoms with van der Waals surface area (Å²) in [5.41, 5.74) is -0.720. The maximum Gasteiger partial charge on any atom is 0.268 e. The molecular weight excluding hydrogens is 410 g/mol. The summed E-state index contributed by atoms with van der Waals surface area (Å²) < 4.78 is 33.6. The standard InChI is InChI=1S/C21H26F2N4O4/c22-21(23)5-3-14(4-6-21)25-19(29)16-17(28)15-2-1-7-24-18(15)27(20(16)30)9-8-26-10-12-31-13-11-26/h1-2,7,14,28H,3-6,8-13H2,(H,25,29). The maximum absolute atomic E-state index is 13.4. The first-order valence-electron chi connectivity index (χ1n) is 10.5. The lowest BCUT2D eigenvalue weighted by atomic mass is 9.92. The van der Waals surface area contributed by atoms with Gasteiger partial charge in [-0.2, -0.15) is 0 Å². The van der Waals surface area contributed by atoms with Gasteiger partial charge in [0.1, 0.15) is 17.0 Å². The molecule has 2 fully saturated rings. The quantitative estimate of drug-likeness (QED) is 0.741. The molecule has 3 heterocycles. The lowest BCUT2D eigenvalue weighted by Gasteiger charge is -2.29. The van der Waals surface area contributed by atoms with E-state index in [1.165, 1.54) is 10.8 Å². The summed E-state index contributed by atoms with van der Waals surface area (Å²) >= 11 is 0. The fourth-order valence-corrected chi connectivity index (χ4v) is 4.18. The first-order chi connectivity index (χ1) is 14.9. The third-order valence-corrected chi connectivity index (χ3v) is 6.02. The smallest absolute Gasteiger partial charge is 0.268 e. The van der Waals surface area contributed by atoms with Crippen LogP contribution in [0.3, 0.4) is 0 Å². The van der Waals surface area contributed by atoms with Crippen molar-refractivity contribution in [3.05, 3.63) is 34.2 Å². The average molecular weight is 436 g/mol. The molecule has 0 unspecified atom stereocenters. The van der Waals surface area contributed by atoms with E-state index in [1.54, 1.807) is 12.1 Å². The molecule has 2 N–H and O–H groups in total. The van der Waals surface area contributed by atoms with Crippen molar-refractivity contribution < 1.29 is 23.4 Å². The van der Waals surface area contributed by atoms with Crippen molar-refractivity contribution in [3.8, 4) is 5.75 Å². The molecule has 0 radical (unpaired) electrons. The number of ether oxygens (including phenoxy) is 1. The van der Waals surface area contributed by atoms with Gasteiger partial charge in [-0.15, -0.1) is 0 Å². The van der Waals surface area contributed by atoms with Crippen LogP contribution in [0, 0.1) is 0 Å². The number of halogens is 2. The van der Waals surface area contributed by atoms with Gasteiger partial charge in [-0.25, -0.2) is 13.8 Å². The summed E-state index contributed by atoms with van der Waals surface area (Å²) in [6, 6.07) is 2.75. The molecular formula is C21H26F2N4O4. The highest BCUT2D eigenvalue weighted by Crippen LogP contribution is 2.33. The Bertz CT molecular complexity index is 1010. The summed E-state index contributed by atoms with van der Waals surface area (Å²) in [5.74, 6) is -3.90. The number of aromatic nitrogens is 2. The van der Waals surface area contributed by atoms with Crippen LogP contribution in [0.2, 0.25) is 0 Å². The maximum atomic E-state index is 13.4. The molecule has 2 aromatic rings. The molecule has 1 aliphatic heterocycles. The minimum atomic E-state index is -2.72. The van der Waals surface area contributed by atoms with E-state index in [0.717, 1.165) is 13.1 Å². The van der Waals surface area contributed by atoms with Crippen molar-refractivity contribution in [1.29, 1.82) is 0 Å². The van der Waals surface area contributed by atoms with Gasteiger partial charge in [0.2, 0.25) is 5.92 Å². The molecule has 8 nitrogen and oxygen atoms in total. The van der Waals surface area contributed by atoms with Crippen LogP contribution in [0.4, 0.5) is 8.78 Å². The summed E-state index contributed by atoms with van der Waals surface area (Å²) in [4.78, 5) is 32.5. The Morgan fingerprint density at radius 2 is 1.97 bits per heavy atom. The Morgan fingerprint density at radius 3 is 2.68 bits per heavy atom. The number of alkyl halides is 2. The van der Waals surface area contributed by atoms with Crippen LogP contribution in [0.25, 0.3) is 11.0 Å². The minimum Gasteiger partial charge on any atom is -0.506 e. The Morgan fingerprint density at radius 1 is 1.26 bits per heavy atom. The van der Waals surface area contributed by atoms with E-state index >= 15 is 0 Å². The number of carbonyl (C=O) groups is 1. The highest BCUT2D eigenvalue weighted by molar-refractivity contribution is 6.01. The zero-order valence-electron chi connectivity index (χ0n) is 17.1. The molecule has 1 aliphatic carbocycles. The second-order valence-electron chi connectivity index (χ2n) is 8.11. The number of nitrogens with one attached hydrogen (secondary N) is 1. The van der Waals surface area contributed by atoms with E-state index in [0.29, 0.717) is 37.3 Å². The van der Waals surface area contributed by atoms with Gasteiger partial charge < -0.3 is 15.2 Å². The van der Waals surface area contributed by atoms with Gasteiger partial charge in [0.25, 0.3) is 11.5 Å². The van der Waals surface area contributed by atoms with E-state index in [4.69, 9.17) is 4.74 Å². The van der Waals surface area contributed by atoms with E-state index in [2.05, 4.69) is 15.2 Å². The number of hydrogen-bond donors (Lipinski definition) is 2. The molecule has 1 saturated carbocycles. The minimum absolute atomic E-state index is 0.125. The van der Waals surface area contributed by atoms with Gasteiger partial charge in [-0.1, -0.05) is 0 Å². The van der Waals surface area contributed by atoms with E-state index in [1.807, 2.05) is 0 Å². The second kappa shape index (κ2) is 8.88. The first-order valence-corrected chi connectivity index (χ1v) is 10.5. The summed E-state index contributed by atoms with van der Waals surface area (Å²) in [5, 5.41) is 13.6. The van der Waals surface area contributed by atoms with Gasteiger partial charge in [-0.05, 0) is 25.0 Å². The predicted molar refractivity (Wildman–Crippen MR) is 110 cm³/mol. The van der Waals surface area contributed by atoms with Crippen LogP contribution < -0.4 is 10.9 Å². The third-order valence-electron chi connectivity index (χ3n) is 6.02. The molecule has 0 atom stereocenters. The van der Waals surface area contributed by atoms with Crippen LogP contribution >= 0.6 is 0 Å². The zero-order valence-corrected chi connectivity index (χ0v) is 17.1. The number of aromatic hydroxyl groups is 1. The Balaban J connectivity index is 1.62. The van der Waals surface area contributed by atoms with Gasteiger partial charge in [-0.3, -0.25) is 19.1 Å². The van der Waals surface area contributed by atoms with Gasteiger partial charge in [0.15, 0.2) is 0 Å². The molecule has 0 aromatic carbocycles. The summed E-state index contributed by atoms with van der Waals surface area (Å²) in [6.45, 7) is 3.60. The number of hydrogen-bond acceptors (Lipinski definition) is 6. The first kappa shape index (κ1) is 21.6. The predicted octanol–water partition coefficient (Wildman–Crippen LogP) is 1.74. The lowest BCUT2D eigenvalue weighted by molar-refractivity contribution is -0.0399. The number of morpholine rings is 1. The lowest BCUT2D eigenvalue weighted by Crippen LogP contribution is -2.43. The van der Waals surface area contributed by atoms with E-state index in [9.17, 15) is 23.5 Å². The Kier molecular flexibility index (Phi) is 6.19. The fourth-order valence-electron chi connectivity index (χ4n) is 4.18. The Labute approximate surface area is 177 Å². The molecule has 1 amide bonds. The number of rotatable bonds is 5. The number of amides is 1. The number of nitrogens with zero attached hydrogens (tertiary/aromatic N) is 3.